The Bertz CT molecular complexity index is 256. The highest BCUT2D eigenvalue weighted by molar-refractivity contribution is 9.09. The van der Waals surface area contributed by atoms with Crippen molar-refractivity contribution >= 4 is 15.9 Å². The number of halogens is 1. The molecule has 1 saturated heterocycles. The van der Waals surface area contributed by atoms with Crippen LogP contribution in [0.15, 0.2) is 0 Å². The van der Waals surface area contributed by atoms with Gasteiger partial charge in [0.15, 0.2) is 0 Å². The van der Waals surface area contributed by atoms with Gasteiger partial charge in [-0.1, -0.05) is 28.8 Å². The molecule has 2 atom stereocenters. The second-order valence-electron chi connectivity index (χ2n) is 6.53. The molecule has 1 spiro atoms. The quantitative estimate of drug-likeness (QED) is 0.685. The van der Waals surface area contributed by atoms with Gasteiger partial charge in [0.2, 0.25) is 0 Å². The summed E-state index contributed by atoms with van der Waals surface area (Å²) >= 11 is 3.88. The second kappa shape index (κ2) is 5.21. The van der Waals surface area contributed by atoms with E-state index < -0.39 is 0 Å². The Morgan fingerprint density at radius 3 is 2.65 bits per heavy atom. The van der Waals surface area contributed by atoms with Gasteiger partial charge in [-0.25, -0.2) is 0 Å². The number of ether oxygens (including phenoxy) is 1. The first-order valence-corrected chi connectivity index (χ1v) is 8.47. The zero-order valence-corrected chi connectivity index (χ0v) is 12.4. The van der Waals surface area contributed by atoms with E-state index >= 15 is 0 Å². The highest BCUT2D eigenvalue weighted by atomic mass is 79.9. The molecule has 1 heterocycles. The van der Waals surface area contributed by atoms with Crippen LogP contribution in [0.4, 0.5) is 0 Å². The van der Waals surface area contributed by atoms with Crippen molar-refractivity contribution in [3.63, 3.8) is 0 Å². The van der Waals surface area contributed by atoms with Gasteiger partial charge in [-0.05, 0) is 63.2 Å². The Balaban J connectivity index is 1.46. The third-order valence-corrected chi connectivity index (χ3v) is 6.30. The van der Waals surface area contributed by atoms with Crippen molar-refractivity contribution in [3.8, 4) is 0 Å². The van der Waals surface area contributed by atoms with E-state index in [4.69, 9.17) is 4.74 Å². The van der Waals surface area contributed by atoms with Gasteiger partial charge in [0.05, 0.1) is 5.60 Å². The monoisotopic (exact) mass is 300 g/mol. The average Bonchev–Trinajstić information content (AvgIpc) is 3.10. The van der Waals surface area contributed by atoms with E-state index in [1.807, 2.05) is 0 Å². The molecule has 3 aliphatic rings. The molecule has 0 bridgehead atoms. The SMILES string of the molecule is BrC(CCC1CCOC2(CCCC2)C1)C1CC1. The Kier molecular flexibility index (Phi) is 3.82. The van der Waals surface area contributed by atoms with E-state index in [1.54, 1.807) is 0 Å². The normalized spacial score (nSPS) is 34.1. The smallest absolute Gasteiger partial charge is 0.0685 e. The van der Waals surface area contributed by atoms with Crippen LogP contribution in [0, 0.1) is 11.8 Å². The van der Waals surface area contributed by atoms with Crippen LogP contribution in [0.25, 0.3) is 0 Å². The first kappa shape index (κ1) is 12.5. The fourth-order valence-electron chi connectivity index (χ4n) is 3.83. The minimum atomic E-state index is 0.324. The largest absolute Gasteiger partial charge is 0.375 e. The topological polar surface area (TPSA) is 9.23 Å². The molecular formula is C15H25BrO. The maximum atomic E-state index is 6.11. The van der Waals surface area contributed by atoms with Crippen molar-refractivity contribution in [2.24, 2.45) is 11.8 Å². The molecule has 3 fully saturated rings. The lowest BCUT2D eigenvalue weighted by Gasteiger charge is -2.38. The van der Waals surface area contributed by atoms with Crippen LogP contribution in [0.2, 0.25) is 0 Å². The lowest BCUT2D eigenvalue weighted by Crippen LogP contribution is -2.37. The van der Waals surface area contributed by atoms with Gasteiger partial charge in [-0.2, -0.15) is 0 Å². The summed E-state index contributed by atoms with van der Waals surface area (Å²) in [7, 11) is 0. The van der Waals surface area contributed by atoms with E-state index in [9.17, 15) is 0 Å². The molecule has 0 aromatic rings. The molecular weight excluding hydrogens is 276 g/mol. The number of hydrogen-bond donors (Lipinski definition) is 0. The minimum Gasteiger partial charge on any atom is -0.375 e. The van der Waals surface area contributed by atoms with Crippen LogP contribution in [0.1, 0.15) is 64.2 Å². The van der Waals surface area contributed by atoms with Crippen molar-refractivity contribution in [3.05, 3.63) is 0 Å². The summed E-state index contributed by atoms with van der Waals surface area (Å²) in [5.41, 5.74) is 0.324. The highest BCUT2D eigenvalue weighted by Gasteiger charge is 2.40. The molecule has 1 aliphatic heterocycles. The third kappa shape index (κ3) is 3.07. The zero-order valence-electron chi connectivity index (χ0n) is 10.8. The molecule has 2 saturated carbocycles. The van der Waals surface area contributed by atoms with Crippen molar-refractivity contribution in [1.82, 2.24) is 0 Å². The summed E-state index contributed by atoms with van der Waals surface area (Å²) in [6.45, 7) is 1.03. The van der Waals surface area contributed by atoms with E-state index in [2.05, 4.69) is 15.9 Å². The van der Waals surface area contributed by atoms with Gasteiger partial charge in [0, 0.05) is 11.4 Å². The molecule has 0 aromatic heterocycles. The molecule has 0 amide bonds. The molecule has 0 radical (unpaired) electrons. The fourth-order valence-corrected chi connectivity index (χ4v) is 4.62. The van der Waals surface area contributed by atoms with Crippen LogP contribution >= 0.6 is 15.9 Å². The molecule has 1 nitrogen and oxygen atoms in total. The maximum Gasteiger partial charge on any atom is 0.0685 e. The second-order valence-corrected chi connectivity index (χ2v) is 7.70. The average molecular weight is 301 g/mol. The highest BCUT2D eigenvalue weighted by Crippen LogP contribution is 2.44. The van der Waals surface area contributed by atoms with Crippen molar-refractivity contribution in [2.45, 2.75) is 74.6 Å². The Hall–Kier alpha value is 0.440. The first-order chi connectivity index (χ1) is 8.27. The summed E-state index contributed by atoms with van der Waals surface area (Å²) < 4.78 is 6.11. The Morgan fingerprint density at radius 1 is 1.18 bits per heavy atom. The number of rotatable bonds is 4. The fraction of sp³-hybridized carbons (Fsp3) is 1.00. The molecule has 3 rings (SSSR count). The van der Waals surface area contributed by atoms with Crippen LogP contribution in [0.5, 0.6) is 0 Å². The van der Waals surface area contributed by atoms with Gasteiger partial charge < -0.3 is 4.74 Å². The molecule has 2 aliphatic carbocycles. The molecule has 2 heteroatoms. The molecule has 0 N–H and O–H groups in total. The van der Waals surface area contributed by atoms with Gasteiger partial charge in [-0.3, -0.25) is 0 Å². The van der Waals surface area contributed by atoms with Crippen molar-refractivity contribution in [1.29, 1.82) is 0 Å². The van der Waals surface area contributed by atoms with E-state index in [0.29, 0.717) is 5.60 Å². The standard InChI is InChI=1S/C15H25BrO/c16-14(13-4-5-13)6-3-12-7-10-17-15(11-12)8-1-2-9-15/h12-14H,1-11H2. The lowest BCUT2D eigenvalue weighted by atomic mass is 9.82. The zero-order chi connectivity index (χ0) is 11.7. The summed E-state index contributed by atoms with van der Waals surface area (Å²) in [6, 6.07) is 0. The molecule has 2 unspecified atom stereocenters. The van der Waals surface area contributed by atoms with Gasteiger partial charge in [0.25, 0.3) is 0 Å². The van der Waals surface area contributed by atoms with Crippen molar-refractivity contribution < 1.29 is 4.74 Å². The molecule has 17 heavy (non-hydrogen) atoms. The number of hydrogen-bond acceptors (Lipinski definition) is 1. The van der Waals surface area contributed by atoms with Crippen molar-refractivity contribution in [2.75, 3.05) is 6.61 Å². The summed E-state index contributed by atoms with van der Waals surface area (Å²) in [5.74, 6) is 1.95. The van der Waals surface area contributed by atoms with Gasteiger partial charge >= 0.3 is 0 Å². The Morgan fingerprint density at radius 2 is 1.94 bits per heavy atom. The van der Waals surface area contributed by atoms with Crippen LogP contribution in [-0.2, 0) is 4.74 Å². The maximum absolute atomic E-state index is 6.11. The van der Waals surface area contributed by atoms with E-state index in [0.717, 1.165) is 23.3 Å². The van der Waals surface area contributed by atoms with E-state index in [-0.39, 0.29) is 0 Å². The van der Waals surface area contributed by atoms with Crippen LogP contribution < -0.4 is 0 Å². The summed E-state index contributed by atoms with van der Waals surface area (Å²) in [4.78, 5) is 0.810. The van der Waals surface area contributed by atoms with Gasteiger partial charge in [-0.15, -0.1) is 0 Å². The molecule has 0 aromatic carbocycles. The Labute approximate surface area is 114 Å². The van der Waals surface area contributed by atoms with Crippen LogP contribution in [-0.4, -0.2) is 17.0 Å². The van der Waals surface area contributed by atoms with Crippen LogP contribution in [0.3, 0.4) is 0 Å². The summed E-state index contributed by atoms with van der Waals surface area (Å²) in [6.07, 6.45) is 13.9. The minimum absolute atomic E-state index is 0.324. The van der Waals surface area contributed by atoms with E-state index in [1.165, 1.54) is 64.2 Å². The van der Waals surface area contributed by atoms with Gasteiger partial charge in [0.1, 0.15) is 0 Å². The number of alkyl halides is 1. The predicted molar refractivity (Wildman–Crippen MR) is 74.5 cm³/mol. The lowest BCUT2D eigenvalue weighted by molar-refractivity contribution is -0.0938. The molecule has 98 valence electrons. The first-order valence-electron chi connectivity index (χ1n) is 7.55. The predicted octanol–water partition coefficient (Wildman–Crippen LogP) is 4.68. The third-order valence-electron chi connectivity index (χ3n) is 5.09. The summed E-state index contributed by atoms with van der Waals surface area (Å²) in [5, 5.41) is 0.